The number of fused-ring (bicyclic) bond motifs is 2. The number of aliphatic hydroxyl groups excluding tert-OH is 1. The smallest absolute Gasteiger partial charge is 0.339 e. The molecule has 3 rings (SSSR count). The van der Waals surface area contributed by atoms with Gasteiger partial charge in [0, 0.05) is 12.2 Å². The number of hydrogen-bond donors (Lipinski definition) is 1. The van der Waals surface area contributed by atoms with Gasteiger partial charge in [-0.2, -0.15) is 0 Å². The Hall–Kier alpha value is -0.870. The van der Waals surface area contributed by atoms with Crippen LogP contribution in [0.25, 0.3) is 0 Å². The fraction of sp³-hybridized carbons (Fsp3) is 0.824. The summed E-state index contributed by atoms with van der Waals surface area (Å²) in [5.74, 6) is -0.0380. The molecular formula is C17H26O4. The number of hydrogen-bond acceptors (Lipinski definition) is 4. The average Bonchev–Trinajstić information content (AvgIpc) is 2.71. The lowest BCUT2D eigenvalue weighted by atomic mass is 9.50. The number of ether oxygens (including phenoxy) is 2. The van der Waals surface area contributed by atoms with E-state index < -0.39 is 12.4 Å². The van der Waals surface area contributed by atoms with Crippen LogP contribution in [0.3, 0.4) is 0 Å². The number of carbonyl (C=O) groups excluding carboxylic acids is 1. The van der Waals surface area contributed by atoms with Gasteiger partial charge in [0.05, 0.1) is 11.7 Å². The van der Waals surface area contributed by atoms with Crippen molar-refractivity contribution < 1.29 is 19.4 Å². The second-order valence-electron chi connectivity index (χ2n) is 7.58. The van der Waals surface area contributed by atoms with Gasteiger partial charge in [-0.3, -0.25) is 0 Å². The highest BCUT2D eigenvalue weighted by Crippen LogP contribution is 2.61. The Kier molecular flexibility index (Phi) is 3.45. The van der Waals surface area contributed by atoms with E-state index in [1.54, 1.807) is 0 Å². The van der Waals surface area contributed by atoms with E-state index in [0.717, 1.165) is 24.8 Å². The predicted octanol–water partition coefficient (Wildman–Crippen LogP) is 2.80. The number of esters is 1. The van der Waals surface area contributed by atoms with E-state index in [-0.39, 0.29) is 16.8 Å². The van der Waals surface area contributed by atoms with E-state index >= 15 is 0 Å². The molecule has 0 bridgehead atoms. The zero-order valence-electron chi connectivity index (χ0n) is 13.4. The van der Waals surface area contributed by atoms with E-state index in [9.17, 15) is 9.90 Å². The third-order valence-electron chi connectivity index (χ3n) is 5.92. The van der Waals surface area contributed by atoms with Gasteiger partial charge in [-0.25, -0.2) is 4.79 Å². The number of cyclic esters (lactones) is 1. The molecule has 1 aliphatic heterocycles. The lowest BCUT2D eigenvalue weighted by Gasteiger charge is -2.55. The van der Waals surface area contributed by atoms with Crippen LogP contribution in [0.4, 0.5) is 0 Å². The maximum absolute atomic E-state index is 12.2. The molecule has 0 aromatic heterocycles. The largest absolute Gasteiger partial charge is 0.428 e. The summed E-state index contributed by atoms with van der Waals surface area (Å²) in [6.07, 6.45) is 2.67. The van der Waals surface area contributed by atoms with Crippen LogP contribution >= 0.6 is 0 Å². The molecule has 0 radical (unpaired) electrons. The van der Waals surface area contributed by atoms with Gasteiger partial charge in [-0.1, -0.05) is 27.2 Å². The standard InChI is InChI=1S/C17H26O4/c1-5-20-15-13-12(14(19)21-15)10(18)9-11-16(2,3)7-6-8-17(11,13)4/h10-11,15,18H,5-9H2,1-4H3/t10-,11+,15+,17+/m1/s1. The maximum Gasteiger partial charge on any atom is 0.339 e. The Morgan fingerprint density at radius 3 is 2.71 bits per heavy atom. The van der Waals surface area contributed by atoms with Crippen molar-refractivity contribution in [2.24, 2.45) is 16.7 Å². The van der Waals surface area contributed by atoms with E-state index in [1.165, 1.54) is 0 Å². The molecule has 21 heavy (non-hydrogen) atoms. The molecule has 1 N–H and O–H groups in total. The molecule has 4 atom stereocenters. The van der Waals surface area contributed by atoms with Crippen LogP contribution in [-0.2, 0) is 14.3 Å². The van der Waals surface area contributed by atoms with Crippen molar-refractivity contribution in [1.82, 2.24) is 0 Å². The molecule has 2 aliphatic carbocycles. The number of carbonyl (C=O) groups is 1. The van der Waals surface area contributed by atoms with E-state index in [0.29, 0.717) is 24.5 Å². The SMILES string of the molecule is CCO[C@H]1OC(=O)C2=C1[C@@]1(C)CCCC(C)(C)[C@@H]1C[C@H]2O. The average molecular weight is 294 g/mol. The zero-order chi connectivity index (χ0) is 15.4. The second kappa shape index (κ2) is 4.82. The summed E-state index contributed by atoms with van der Waals surface area (Å²) in [5, 5.41) is 10.5. The fourth-order valence-electron chi connectivity index (χ4n) is 4.98. The van der Waals surface area contributed by atoms with Gasteiger partial charge in [0.25, 0.3) is 0 Å². The summed E-state index contributed by atoms with van der Waals surface area (Å²) >= 11 is 0. The third kappa shape index (κ3) is 2.07. The van der Waals surface area contributed by atoms with Crippen LogP contribution in [0.15, 0.2) is 11.1 Å². The summed E-state index contributed by atoms with van der Waals surface area (Å²) in [7, 11) is 0. The molecule has 4 nitrogen and oxygen atoms in total. The summed E-state index contributed by atoms with van der Waals surface area (Å²) in [4.78, 5) is 12.2. The first-order valence-electron chi connectivity index (χ1n) is 8.06. The molecule has 0 amide bonds. The van der Waals surface area contributed by atoms with Crippen molar-refractivity contribution in [2.45, 2.75) is 65.8 Å². The van der Waals surface area contributed by atoms with Crippen LogP contribution < -0.4 is 0 Å². The molecule has 0 aromatic rings. The highest BCUT2D eigenvalue weighted by molar-refractivity contribution is 5.94. The van der Waals surface area contributed by atoms with Crippen LogP contribution in [0.2, 0.25) is 0 Å². The molecule has 1 saturated carbocycles. The highest BCUT2D eigenvalue weighted by Gasteiger charge is 2.58. The quantitative estimate of drug-likeness (QED) is 0.796. The second-order valence-corrected chi connectivity index (χ2v) is 7.58. The summed E-state index contributed by atoms with van der Waals surface area (Å²) in [6, 6.07) is 0. The topological polar surface area (TPSA) is 55.8 Å². The Labute approximate surface area is 126 Å². The molecule has 118 valence electrons. The van der Waals surface area contributed by atoms with Gasteiger partial charge in [-0.15, -0.1) is 0 Å². The van der Waals surface area contributed by atoms with Crippen molar-refractivity contribution in [2.75, 3.05) is 6.61 Å². The normalized spacial score (nSPS) is 41.6. The van der Waals surface area contributed by atoms with Gasteiger partial charge in [0.2, 0.25) is 6.29 Å². The van der Waals surface area contributed by atoms with Crippen molar-refractivity contribution in [1.29, 1.82) is 0 Å². The predicted molar refractivity (Wildman–Crippen MR) is 78.4 cm³/mol. The van der Waals surface area contributed by atoms with Crippen molar-refractivity contribution >= 4 is 5.97 Å². The van der Waals surface area contributed by atoms with Crippen molar-refractivity contribution in [3.8, 4) is 0 Å². The molecule has 0 saturated heterocycles. The molecule has 3 aliphatic rings. The zero-order valence-corrected chi connectivity index (χ0v) is 13.4. The minimum Gasteiger partial charge on any atom is -0.428 e. The summed E-state index contributed by atoms with van der Waals surface area (Å²) < 4.78 is 11.1. The Balaban J connectivity index is 2.10. The maximum atomic E-state index is 12.2. The van der Waals surface area contributed by atoms with Gasteiger partial charge < -0.3 is 14.6 Å². The van der Waals surface area contributed by atoms with Gasteiger partial charge >= 0.3 is 5.97 Å². The van der Waals surface area contributed by atoms with E-state index in [4.69, 9.17) is 9.47 Å². The van der Waals surface area contributed by atoms with Crippen LogP contribution in [0.1, 0.15) is 53.4 Å². The van der Waals surface area contributed by atoms with Crippen molar-refractivity contribution in [3.05, 3.63) is 11.1 Å². The lowest BCUT2D eigenvalue weighted by molar-refractivity contribution is -0.161. The third-order valence-corrected chi connectivity index (χ3v) is 5.92. The Bertz CT molecular complexity index is 493. The Morgan fingerprint density at radius 2 is 2.05 bits per heavy atom. The first kappa shape index (κ1) is 15.0. The van der Waals surface area contributed by atoms with Gasteiger partial charge in [-0.05, 0) is 42.9 Å². The molecule has 0 spiro atoms. The monoisotopic (exact) mass is 294 g/mol. The van der Waals surface area contributed by atoms with Gasteiger partial charge in [0.15, 0.2) is 0 Å². The summed E-state index contributed by atoms with van der Waals surface area (Å²) in [5.41, 5.74) is 1.45. The molecule has 0 aromatic carbocycles. The summed E-state index contributed by atoms with van der Waals surface area (Å²) in [6.45, 7) is 9.18. The lowest BCUT2D eigenvalue weighted by Crippen LogP contribution is -2.50. The molecule has 0 unspecified atom stereocenters. The minimum atomic E-state index is -0.714. The first-order valence-corrected chi connectivity index (χ1v) is 8.06. The Morgan fingerprint density at radius 1 is 1.33 bits per heavy atom. The van der Waals surface area contributed by atoms with Crippen LogP contribution in [0.5, 0.6) is 0 Å². The molecule has 1 fully saturated rings. The molecule has 4 heteroatoms. The van der Waals surface area contributed by atoms with Crippen LogP contribution in [-0.4, -0.2) is 30.1 Å². The number of rotatable bonds is 2. The minimum absolute atomic E-state index is 0.109. The van der Waals surface area contributed by atoms with Crippen molar-refractivity contribution in [3.63, 3.8) is 0 Å². The number of aliphatic hydroxyl groups is 1. The van der Waals surface area contributed by atoms with E-state index in [1.807, 2.05) is 6.92 Å². The fourth-order valence-corrected chi connectivity index (χ4v) is 4.98. The highest BCUT2D eigenvalue weighted by atomic mass is 16.7. The van der Waals surface area contributed by atoms with Crippen LogP contribution in [0, 0.1) is 16.7 Å². The molecular weight excluding hydrogens is 268 g/mol. The first-order chi connectivity index (χ1) is 9.81. The van der Waals surface area contributed by atoms with E-state index in [2.05, 4.69) is 20.8 Å². The van der Waals surface area contributed by atoms with Gasteiger partial charge in [0.1, 0.15) is 0 Å². The molecule has 1 heterocycles.